The molecule has 0 fully saturated rings. The van der Waals surface area contributed by atoms with Crippen molar-refractivity contribution in [2.24, 2.45) is 5.73 Å². The highest BCUT2D eigenvalue weighted by atomic mass is 16.7. The van der Waals surface area contributed by atoms with Gasteiger partial charge in [0.1, 0.15) is 5.76 Å². The lowest BCUT2D eigenvalue weighted by Gasteiger charge is -2.11. The zero-order valence-corrected chi connectivity index (χ0v) is 5.86. The van der Waals surface area contributed by atoms with Crippen LogP contribution in [0.15, 0.2) is 24.0 Å². The Morgan fingerprint density at radius 1 is 1.82 bits per heavy atom. The quantitative estimate of drug-likeness (QED) is 0.550. The molecule has 0 aromatic rings. The second kappa shape index (κ2) is 3.21. The van der Waals surface area contributed by atoms with Crippen molar-refractivity contribution >= 4 is 6.16 Å². The molecule has 0 amide bonds. The number of allylic oxidation sites excluding steroid dienone is 2. The molecular formula is C7H9NO3. The largest absolute Gasteiger partial charge is 0.511 e. The Balaban J connectivity index is 2.52. The van der Waals surface area contributed by atoms with E-state index in [0.717, 1.165) is 0 Å². The van der Waals surface area contributed by atoms with Gasteiger partial charge in [0.05, 0.1) is 0 Å². The maximum Gasteiger partial charge on any atom is 0.511 e. The first kappa shape index (κ1) is 7.81. The Labute approximate surface area is 64.0 Å². The molecule has 0 aromatic heterocycles. The average molecular weight is 155 g/mol. The van der Waals surface area contributed by atoms with Crippen LogP contribution in [-0.4, -0.2) is 17.3 Å². The minimum Gasteiger partial charge on any atom is -0.449 e. The van der Waals surface area contributed by atoms with Crippen LogP contribution in [0.2, 0.25) is 0 Å². The van der Waals surface area contributed by atoms with Gasteiger partial charge in [-0.15, -0.1) is 0 Å². The molecule has 0 saturated carbocycles. The Hall–Kier alpha value is -1.29. The standard InChI is InChI=1S/C7H9NO3/c8-5-2-1-3-6(4-5)11-7(9)10/h1-3,5H,4,8H2,(H,9,10). The molecule has 1 rings (SSSR count). The fourth-order valence-electron chi connectivity index (χ4n) is 0.862. The summed E-state index contributed by atoms with van der Waals surface area (Å²) in [6, 6.07) is -0.130. The van der Waals surface area contributed by atoms with E-state index in [2.05, 4.69) is 4.74 Å². The predicted molar refractivity (Wildman–Crippen MR) is 38.9 cm³/mol. The van der Waals surface area contributed by atoms with E-state index in [1.807, 2.05) is 0 Å². The van der Waals surface area contributed by atoms with Crippen LogP contribution < -0.4 is 5.73 Å². The summed E-state index contributed by atoms with van der Waals surface area (Å²) in [5.41, 5.74) is 5.50. The van der Waals surface area contributed by atoms with Gasteiger partial charge in [-0.25, -0.2) is 4.79 Å². The molecule has 11 heavy (non-hydrogen) atoms. The molecule has 0 bridgehead atoms. The fourth-order valence-corrected chi connectivity index (χ4v) is 0.862. The monoisotopic (exact) mass is 155 g/mol. The summed E-state index contributed by atoms with van der Waals surface area (Å²) in [7, 11) is 0. The van der Waals surface area contributed by atoms with Crippen molar-refractivity contribution in [3.05, 3.63) is 24.0 Å². The molecule has 0 spiro atoms. The molecular weight excluding hydrogens is 146 g/mol. The van der Waals surface area contributed by atoms with Gasteiger partial charge in [-0.05, 0) is 6.08 Å². The molecule has 0 heterocycles. The third-order valence-corrected chi connectivity index (χ3v) is 1.30. The number of hydrogen-bond acceptors (Lipinski definition) is 3. The van der Waals surface area contributed by atoms with E-state index in [9.17, 15) is 4.79 Å². The number of hydrogen-bond donors (Lipinski definition) is 2. The average Bonchev–Trinajstić information content (AvgIpc) is 1.85. The topological polar surface area (TPSA) is 72.5 Å². The van der Waals surface area contributed by atoms with Crippen LogP contribution in [0.25, 0.3) is 0 Å². The number of carbonyl (C=O) groups is 1. The molecule has 0 aliphatic heterocycles. The van der Waals surface area contributed by atoms with E-state index in [4.69, 9.17) is 10.8 Å². The van der Waals surface area contributed by atoms with E-state index < -0.39 is 6.16 Å². The van der Waals surface area contributed by atoms with Gasteiger partial charge in [0.25, 0.3) is 0 Å². The van der Waals surface area contributed by atoms with E-state index in [0.29, 0.717) is 12.2 Å². The highest BCUT2D eigenvalue weighted by Crippen LogP contribution is 2.11. The second-order valence-electron chi connectivity index (χ2n) is 2.25. The van der Waals surface area contributed by atoms with Gasteiger partial charge >= 0.3 is 6.16 Å². The first-order valence-corrected chi connectivity index (χ1v) is 3.22. The Kier molecular flexibility index (Phi) is 2.28. The van der Waals surface area contributed by atoms with Gasteiger partial charge in [-0.1, -0.05) is 12.2 Å². The maximum atomic E-state index is 10.0. The van der Waals surface area contributed by atoms with Crippen molar-refractivity contribution < 1.29 is 14.6 Å². The van der Waals surface area contributed by atoms with Crippen molar-refractivity contribution in [1.82, 2.24) is 0 Å². The Bertz CT molecular complexity index is 220. The zero-order valence-electron chi connectivity index (χ0n) is 5.86. The zero-order chi connectivity index (χ0) is 8.27. The van der Waals surface area contributed by atoms with Crippen LogP contribution in [0.4, 0.5) is 4.79 Å². The van der Waals surface area contributed by atoms with E-state index in [-0.39, 0.29) is 6.04 Å². The van der Waals surface area contributed by atoms with Gasteiger partial charge in [-0.3, -0.25) is 0 Å². The van der Waals surface area contributed by atoms with Crippen molar-refractivity contribution in [1.29, 1.82) is 0 Å². The second-order valence-corrected chi connectivity index (χ2v) is 2.25. The molecule has 4 nitrogen and oxygen atoms in total. The summed E-state index contributed by atoms with van der Waals surface area (Å²) >= 11 is 0. The Morgan fingerprint density at radius 3 is 3.09 bits per heavy atom. The smallest absolute Gasteiger partial charge is 0.449 e. The molecule has 3 N–H and O–H groups in total. The highest BCUT2D eigenvalue weighted by molar-refractivity contribution is 5.58. The normalized spacial score (nSPS) is 22.6. The number of rotatable bonds is 1. The number of carboxylic acid groups (broad SMARTS) is 1. The van der Waals surface area contributed by atoms with Crippen molar-refractivity contribution in [3.8, 4) is 0 Å². The number of ether oxygens (including phenoxy) is 1. The van der Waals surface area contributed by atoms with Gasteiger partial charge in [0.15, 0.2) is 0 Å². The lowest BCUT2D eigenvalue weighted by atomic mass is 10.1. The van der Waals surface area contributed by atoms with Gasteiger partial charge in [0, 0.05) is 12.5 Å². The van der Waals surface area contributed by atoms with Crippen LogP contribution in [-0.2, 0) is 4.74 Å². The molecule has 4 heteroatoms. The third-order valence-electron chi connectivity index (χ3n) is 1.30. The van der Waals surface area contributed by atoms with Crippen LogP contribution in [0.1, 0.15) is 6.42 Å². The lowest BCUT2D eigenvalue weighted by molar-refractivity contribution is 0.115. The van der Waals surface area contributed by atoms with Crippen molar-refractivity contribution in [2.75, 3.05) is 0 Å². The first-order valence-electron chi connectivity index (χ1n) is 3.22. The van der Waals surface area contributed by atoms with E-state index >= 15 is 0 Å². The minimum atomic E-state index is -1.29. The molecule has 1 atom stereocenters. The van der Waals surface area contributed by atoms with Crippen LogP contribution in [0, 0.1) is 0 Å². The summed E-state index contributed by atoms with van der Waals surface area (Å²) in [5.74, 6) is 0.396. The van der Waals surface area contributed by atoms with Gasteiger partial charge < -0.3 is 15.6 Å². The minimum absolute atomic E-state index is 0.130. The molecule has 1 aliphatic carbocycles. The molecule has 0 saturated heterocycles. The van der Waals surface area contributed by atoms with Gasteiger partial charge in [-0.2, -0.15) is 0 Å². The number of nitrogens with two attached hydrogens (primary N) is 1. The summed E-state index contributed by atoms with van der Waals surface area (Å²) in [4.78, 5) is 10.0. The molecule has 0 aromatic carbocycles. The summed E-state index contributed by atoms with van der Waals surface area (Å²) in [6.45, 7) is 0. The van der Waals surface area contributed by atoms with E-state index in [1.54, 1.807) is 18.2 Å². The molecule has 60 valence electrons. The summed E-state index contributed by atoms with van der Waals surface area (Å²) < 4.78 is 4.41. The predicted octanol–water partition coefficient (Wildman–Crippen LogP) is 0.852. The highest BCUT2D eigenvalue weighted by Gasteiger charge is 2.10. The van der Waals surface area contributed by atoms with Crippen LogP contribution in [0.5, 0.6) is 0 Å². The summed E-state index contributed by atoms with van der Waals surface area (Å²) in [6.07, 6.45) is 4.22. The SMILES string of the molecule is NC1C=CC=C(OC(=O)O)C1. The molecule has 1 unspecified atom stereocenters. The summed E-state index contributed by atoms with van der Waals surface area (Å²) in [5, 5.41) is 8.22. The van der Waals surface area contributed by atoms with E-state index in [1.165, 1.54) is 0 Å². The molecule has 0 radical (unpaired) electrons. The van der Waals surface area contributed by atoms with Crippen molar-refractivity contribution in [2.45, 2.75) is 12.5 Å². The Morgan fingerprint density at radius 2 is 2.55 bits per heavy atom. The van der Waals surface area contributed by atoms with Crippen LogP contribution in [0.3, 0.4) is 0 Å². The van der Waals surface area contributed by atoms with Crippen molar-refractivity contribution in [3.63, 3.8) is 0 Å². The lowest BCUT2D eigenvalue weighted by Crippen LogP contribution is -2.20. The fraction of sp³-hybridized carbons (Fsp3) is 0.286. The first-order chi connectivity index (χ1) is 5.18. The molecule has 1 aliphatic rings. The third kappa shape index (κ3) is 2.43. The van der Waals surface area contributed by atoms with Crippen LogP contribution >= 0.6 is 0 Å². The van der Waals surface area contributed by atoms with Gasteiger partial charge in [0.2, 0.25) is 0 Å². The maximum absolute atomic E-state index is 10.0.